The lowest BCUT2D eigenvalue weighted by Gasteiger charge is -2.29. The third-order valence-corrected chi connectivity index (χ3v) is 6.87. The van der Waals surface area contributed by atoms with Crippen molar-refractivity contribution in [2.45, 2.75) is 42.8 Å². The Kier molecular flexibility index (Phi) is 6.33. The summed E-state index contributed by atoms with van der Waals surface area (Å²) in [5, 5.41) is 16.3. The molecule has 3 heterocycles. The SMILES string of the molecule is CSc1n[nH]c2nc(Nc3ccc(N4CCOCC4)cc3)nc(N[C@H]3CC[C@H](N)CC3)c12. The number of nitrogens with one attached hydrogen (secondary N) is 3. The number of ether oxygens (including phenoxy) is 1. The third kappa shape index (κ3) is 4.62. The van der Waals surface area contributed by atoms with Gasteiger partial charge in [0.1, 0.15) is 10.8 Å². The zero-order chi connectivity index (χ0) is 21.9. The smallest absolute Gasteiger partial charge is 0.231 e. The highest BCUT2D eigenvalue weighted by Crippen LogP contribution is 2.32. The van der Waals surface area contributed by atoms with Gasteiger partial charge < -0.3 is 26.0 Å². The molecule has 1 saturated carbocycles. The molecule has 5 N–H and O–H groups in total. The van der Waals surface area contributed by atoms with Crippen molar-refractivity contribution in [3.05, 3.63) is 24.3 Å². The van der Waals surface area contributed by atoms with Crippen molar-refractivity contribution in [3.8, 4) is 0 Å². The second-order valence-corrected chi connectivity index (χ2v) is 9.17. The average Bonchev–Trinajstić information content (AvgIpc) is 3.25. The molecule has 3 aromatic rings. The monoisotopic (exact) mass is 454 g/mol. The summed E-state index contributed by atoms with van der Waals surface area (Å²) in [5.41, 5.74) is 8.96. The zero-order valence-electron chi connectivity index (χ0n) is 18.3. The van der Waals surface area contributed by atoms with Gasteiger partial charge >= 0.3 is 0 Å². The maximum atomic E-state index is 6.09. The van der Waals surface area contributed by atoms with Crippen LogP contribution < -0.4 is 21.3 Å². The first-order chi connectivity index (χ1) is 15.7. The Hall–Kier alpha value is -2.56. The van der Waals surface area contributed by atoms with Gasteiger partial charge in [0.05, 0.1) is 18.6 Å². The van der Waals surface area contributed by atoms with E-state index in [-0.39, 0.29) is 0 Å². The largest absolute Gasteiger partial charge is 0.378 e. The molecule has 1 aromatic carbocycles. The fourth-order valence-electron chi connectivity index (χ4n) is 4.38. The minimum absolute atomic E-state index is 0.312. The number of thioether (sulfide) groups is 1. The van der Waals surface area contributed by atoms with E-state index in [2.05, 4.69) is 55.0 Å². The van der Waals surface area contributed by atoms with Gasteiger partial charge in [-0.3, -0.25) is 5.10 Å². The fourth-order valence-corrected chi connectivity index (χ4v) is 4.91. The molecule has 2 aromatic heterocycles. The molecule has 0 spiro atoms. The van der Waals surface area contributed by atoms with Crippen molar-refractivity contribution in [3.63, 3.8) is 0 Å². The van der Waals surface area contributed by atoms with E-state index in [4.69, 9.17) is 15.5 Å². The van der Waals surface area contributed by atoms with Gasteiger partial charge in [-0.2, -0.15) is 15.1 Å². The Morgan fingerprint density at radius 2 is 1.84 bits per heavy atom. The minimum Gasteiger partial charge on any atom is -0.378 e. The summed E-state index contributed by atoms with van der Waals surface area (Å²) < 4.78 is 5.45. The third-order valence-electron chi connectivity index (χ3n) is 6.19. The zero-order valence-corrected chi connectivity index (χ0v) is 19.1. The lowest BCUT2D eigenvalue weighted by Crippen LogP contribution is -2.36. The molecular formula is C22H30N8OS. The van der Waals surface area contributed by atoms with Gasteiger partial charge in [-0.1, -0.05) is 0 Å². The highest BCUT2D eigenvalue weighted by molar-refractivity contribution is 7.98. The van der Waals surface area contributed by atoms with Gasteiger partial charge in [0.25, 0.3) is 0 Å². The van der Waals surface area contributed by atoms with Crippen molar-refractivity contribution in [1.29, 1.82) is 0 Å². The number of fused-ring (bicyclic) bond motifs is 1. The first-order valence-corrected chi connectivity index (χ1v) is 12.4. The average molecular weight is 455 g/mol. The number of aromatic nitrogens is 4. The number of benzene rings is 1. The maximum absolute atomic E-state index is 6.09. The molecule has 9 nitrogen and oxygen atoms in total. The van der Waals surface area contributed by atoms with Crippen LogP contribution in [-0.2, 0) is 4.74 Å². The molecular weight excluding hydrogens is 424 g/mol. The topological polar surface area (TPSA) is 117 Å². The van der Waals surface area contributed by atoms with Crippen LogP contribution in [-0.4, -0.2) is 64.8 Å². The summed E-state index contributed by atoms with van der Waals surface area (Å²) in [6.45, 7) is 3.40. The molecule has 0 radical (unpaired) electrons. The van der Waals surface area contributed by atoms with Crippen LogP contribution in [0.15, 0.2) is 29.3 Å². The quantitative estimate of drug-likeness (QED) is 0.416. The molecule has 5 rings (SSSR count). The number of morpholine rings is 1. The molecule has 10 heteroatoms. The molecule has 0 amide bonds. The van der Waals surface area contributed by atoms with E-state index in [1.54, 1.807) is 11.8 Å². The number of aromatic amines is 1. The van der Waals surface area contributed by atoms with Crippen LogP contribution in [0.1, 0.15) is 25.7 Å². The number of anilines is 4. The highest BCUT2D eigenvalue weighted by Gasteiger charge is 2.22. The van der Waals surface area contributed by atoms with Crippen molar-refractivity contribution in [1.82, 2.24) is 20.2 Å². The molecule has 170 valence electrons. The van der Waals surface area contributed by atoms with E-state index in [1.165, 1.54) is 5.69 Å². The van der Waals surface area contributed by atoms with Crippen LogP contribution in [0.25, 0.3) is 11.0 Å². The Bertz CT molecular complexity index is 1040. The second-order valence-electron chi connectivity index (χ2n) is 8.38. The van der Waals surface area contributed by atoms with Crippen LogP contribution in [0.3, 0.4) is 0 Å². The van der Waals surface area contributed by atoms with Crippen molar-refractivity contribution in [2.75, 3.05) is 48.1 Å². The van der Waals surface area contributed by atoms with Crippen LogP contribution in [0.2, 0.25) is 0 Å². The Morgan fingerprint density at radius 1 is 1.09 bits per heavy atom. The molecule has 0 unspecified atom stereocenters. The van der Waals surface area contributed by atoms with Gasteiger partial charge in [-0.25, -0.2) is 0 Å². The van der Waals surface area contributed by atoms with E-state index >= 15 is 0 Å². The molecule has 0 bridgehead atoms. The summed E-state index contributed by atoms with van der Waals surface area (Å²) in [7, 11) is 0. The summed E-state index contributed by atoms with van der Waals surface area (Å²) in [6.07, 6.45) is 6.18. The first-order valence-electron chi connectivity index (χ1n) is 11.2. The van der Waals surface area contributed by atoms with Gasteiger partial charge in [0.15, 0.2) is 5.65 Å². The molecule has 2 aliphatic rings. The van der Waals surface area contributed by atoms with Crippen LogP contribution in [0.5, 0.6) is 0 Å². The molecule has 1 aliphatic carbocycles. The lowest BCUT2D eigenvalue weighted by atomic mass is 9.92. The Balaban J connectivity index is 1.37. The van der Waals surface area contributed by atoms with Gasteiger partial charge in [-0.05, 0) is 56.2 Å². The number of hydrogen-bond acceptors (Lipinski definition) is 9. The highest BCUT2D eigenvalue weighted by atomic mass is 32.2. The predicted molar refractivity (Wildman–Crippen MR) is 130 cm³/mol. The van der Waals surface area contributed by atoms with Crippen LogP contribution in [0.4, 0.5) is 23.1 Å². The second kappa shape index (κ2) is 9.51. The predicted octanol–water partition coefficient (Wildman–Crippen LogP) is 3.34. The van der Waals surface area contributed by atoms with E-state index in [0.717, 1.165) is 79.6 Å². The Morgan fingerprint density at radius 3 is 2.56 bits per heavy atom. The molecule has 2 fully saturated rings. The van der Waals surface area contributed by atoms with E-state index in [9.17, 15) is 0 Å². The van der Waals surface area contributed by atoms with Crippen LogP contribution >= 0.6 is 11.8 Å². The summed E-state index contributed by atoms with van der Waals surface area (Å²) in [5.74, 6) is 1.36. The molecule has 0 atom stereocenters. The number of hydrogen-bond donors (Lipinski definition) is 4. The molecule has 1 saturated heterocycles. The van der Waals surface area contributed by atoms with Crippen molar-refractivity contribution >= 4 is 45.9 Å². The molecule has 32 heavy (non-hydrogen) atoms. The van der Waals surface area contributed by atoms with E-state index in [1.807, 2.05) is 6.26 Å². The fraction of sp³-hybridized carbons (Fsp3) is 0.500. The Labute approximate surface area is 191 Å². The standard InChI is InChI=1S/C22H30N8OS/c1-32-21-18-19(24-15-4-2-14(23)3-5-15)26-22(27-20(18)28-29-21)25-16-6-8-17(9-7-16)30-10-12-31-13-11-30/h6-9,14-15H,2-5,10-13,23H2,1H3,(H3,24,25,26,27,28,29)/t14-,15-. The van der Waals surface area contributed by atoms with Gasteiger partial charge in [0, 0.05) is 36.5 Å². The van der Waals surface area contributed by atoms with Crippen LogP contribution in [0, 0.1) is 0 Å². The normalized spacial score (nSPS) is 21.6. The summed E-state index contributed by atoms with van der Waals surface area (Å²) >= 11 is 1.59. The molecule has 1 aliphatic heterocycles. The van der Waals surface area contributed by atoms with Crippen molar-refractivity contribution < 1.29 is 4.74 Å². The number of rotatable bonds is 6. The van der Waals surface area contributed by atoms with Gasteiger partial charge in [-0.15, -0.1) is 11.8 Å². The maximum Gasteiger partial charge on any atom is 0.231 e. The van der Waals surface area contributed by atoms with Crippen molar-refractivity contribution in [2.24, 2.45) is 5.73 Å². The number of nitrogens with two attached hydrogens (primary N) is 1. The van der Waals surface area contributed by atoms with E-state index in [0.29, 0.717) is 18.0 Å². The number of H-pyrrole nitrogens is 1. The lowest BCUT2D eigenvalue weighted by molar-refractivity contribution is 0.122. The summed E-state index contributed by atoms with van der Waals surface area (Å²) in [4.78, 5) is 11.8. The first kappa shape index (κ1) is 21.3. The minimum atomic E-state index is 0.312. The van der Waals surface area contributed by atoms with Gasteiger partial charge in [0.2, 0.25) is 5.95 Å². The number of nitrogens with zero attached hydrogens (tertiary/aromatic N) is 4. The summed E-state index contributed by atoms with van der Waals surface area (Å²) in [6, 6.07) is 9.05. The van der Waals surface area contributed by atoms with E-state index < -0.39 is 0 Å².